The van der Waals surface area contributed by atoms with Crippen LogP contribution in [0.4, 0.5) is 0 Å². The fraction of sp³-hybridized carbons (Fsp3) is 0.545. The summed E-state index contributed by atoms with van der Waals surface area (Å²) in [7, 11) is 1.79. The van der Waals surface area contributed by atoms with Gasteiger partial charge in [-0.3, -0.25) is 4.98 Å². The van der Waals surface area contributed by atoms with E-state index in [1.807, 2.05) is 12.3 Å². The summed E-state index contributed by atoms with van der Waals surface area (Å²) in [6.45, 7) is 5.30. The second-order valence-electron chi connectivity index (χ2n) is 7.48. The lowest BCUT2D eigenvalue weighted by Crippen LogP contribution is -2.43. The molecule has 0 spiro atoms. The van der Waals surface area contributed by atoms with Crippen LogP contribution in [0.25, 0.3) is 10.8 Å². The third-order valence-electron chi connectivity index (χ3n) is 5.62. The molecule has 0 amide bonds. The highest BCUT2D eigenvalue weighted by Crippen LogP contribution is 2.40. The van der Waals surface area contributed by atoms with Crippen molar-refractivity contribution in [1.29, 1.82) is 0 Å². The summed E-state index contributed by atoms with van der Waals surface area (Å²) in [4.78, 5) is 9.36. The van der Waals surface area contributed by atoms with Gasteiger partial charge in [0.1, 0.15) is 0 Å². The summed E-state index contributed by atoms with van der Waals surface area (Å²) < 4.78 is 5.35. The van der Waals surface area contributed by atoms with Gasteiger partial charge in [0.15, 0.2) is 5.96 Å². The Bertz CT molecular complexity index is 748. The maximum Gasteiger partial charge on any atom is 0.191 e. The summed E-state index contributed by atoms with van der Waals surface area (Å²) in [5.74, 6) is 0.871. The number of aliphatic imine (C=N–C) groups is 1. The van der Waals surface area contributed by atoms with Crippen molar-refractivity contribution >= 4 is 16.7 Å². The van der Waals surface area contributed by atoms with E-state index in [1.165, 1.54) is 36.5 Å². The second-order valence-corrected chi connectivity index (χ2v) is 7.48. The van der Waals surface area contributed by atoms with Crippen LogP contribution in [0.5, 0.6) is 0 Å². The van der Waals surface area contributed by atoms with Gasteiger partial charge in [-0.05, 0) is 43.1 Å². The highest BCUT2D eigenvalue weighted by Gasteiger charge is 2.33. The Balaban J connectivity index is 1.69. The molecule has 1 fully saturated rings. The largest absolute Gasteiger partial charge is 0.385 e. The molecule has 3 rings (SSSR count). The lowest BCUT2D eigenvalue weighted by molar-refractivity contribution is 0.138. The van der Waals surface area contributed by atoms with Crippen molar-refractivity contribution in [3.05, 3.63) is 42.2 Å². The Morgan fingerprint density at radius 1 is 1.19 bits per heavy atom. The van der Waals surface area contributed by atoms with Gasteiger partial charge in [-0.2, -0.15) is 0 Å². The van der Waals surface area contributed by atoms with Crippen molar-refractivity contribution < 1.29 is 4.74 Å². The number of guanidine groups is 1. The summed E-state index contributed by atoms with van der Waals surface area (Å²) in [6.07, 6.45) is 8.16. The third kappa shape index (κ3) is 5.19. The maximum absolute atomic E-state index is 5.35. The van der Waals surface area contributed by atoms with Gasteiger partial charge in [-0.25, -0.2) is 4.99 Å². The highest BCUT2D eigenvalue weighted by molar-refractivity contribution is 5.85. The summed E-state index contributed by atoms with van der Waals surface area (Å²) in [5, 5.41) is 9.35. The second kappa shape index (κ2) is 9.70. The van der Waals surface area contributed by atoms with E-state index in [4.69, 9.17) is 9.73 Å². The number of methoxy groups -OCH3 is 1. The molecular weight excluding hydrogens is 336 g/mol. The SMILES string of the molecule is CCNC(=NCc1nccc2ccccc12)NCC1(CCOC)CCCC1. The number of nitrogens with zero attached hydrogens (tertiary/aromatic N) is 2. The van der Waals surface area contributed by atoms with Crippen molar-refractivity contribution in [3.63, 3.8) is 0 Å². The van der Waals surface area contributed by atoms with Crippen LogP contribution in [0, 0.1) is 5.41 Å². The quantitative estimate of drug-likeness (QED) is 0.548. The Morgan fingerprint density at radius 3 is 2.78 bits per heavy atom. The smallest absolute Gasteiger partial charge is 0.191 e. The Labute approximate surface area is 162 Å². The molecule has 5 heteroatoms. The number of hydrogen-bond donors (Lipinski definition) is 2. The number of fused-ring (bicyclic) bond motifs is 1. The molecule has 1 aromatic carbocycles. The molecule has 2 aromatic rings. The molecular formula is C22H32N4O. The Hall–Kier alpha value is -2.14. The molecule has 0 radical (unpaired) electrons. The number of pyridine rings is 1. The molecule has 1 saturated carbocycles. The van der Waals surface area contributed by atoms with Crippen LogP contribution in [0.15, 0.2) is 41.5 Å². The average Bonchev–Trinajstić information content (AvgIpc) is 3.18. The highest BCUT2D eigenvalue weighted by atomic mass is 16.5. The van der Waals surface area contributed by atoms with Crippen molar-refractivity contribution in [2.24, 2.45) is 10.4 Å². The van der Waals surface area contributed by atoms with Crippen molar-refractivity contribution in [2.45, 2.75) is 45.6 Å². The molecule has 2 N–H and O–H groups in total. The minimum absolute atomic E-state index is 0.337. The molecule has 0 atom stereocenters. The first-order chi connectivity index (χ1) is 13.3. The number of benzene rings is 1. The van der Waals surface area contributed by atoms with Gasteiger partial charge in [-0.1, -0.05) is 37.1 Å². The molecule has 1 heterocycles. The molecule has 0 unspecified atom stereocenters. The van der Waals surface area contributed by atoms with Gasteiger partial charge in [-0.15, -0.1) is 0 Å². The van der Waals surface area contributed by atoms with Gasteiger partial charge >= 0.3 is 0 Å². The van der Waals surface area contributed by atoms with Gasteiger partial charge in [0.25, 0.3) is 0 Å². The van der Waals surface area contributed by atoms with Crippen molar-refractivity contribution in [3.8, 4) is 0 Å². The molecule has 5 nitrogen and oxygen atoms in total. The number of aromatic nitrogens is 1. The minimum Gasteiger partial charge on any atom is -0.385 e. The van der Waals surface area contributed by atoms with E-state index >= 15 is 0 Å². The third-order valence-corrected chi connectivity index (χ3v) is 5.62. The fourth-order valence-electron chi connectivity index (χ4n) is 4.03. The molecule has 1 aromatic heterocycles. The molecule has 1 aliphatic rings. The first-order valence-corrected chi connectivity index (χ1v) is 10.1. The maximum atomic E-state index is 5.35. The molecule has 146 valence electrons. The van der Waals surface area contributed by atoms with E-state index in [0.717, 1.165) is 37.8 Å². The molecule has 0 saturated heterocycles. The first-order valence-electron chi connectivity index (χ1n) is 10.1. The number of nitrogens with one attached hydrogen (secondary N) is 2. The minimum atomic E-state index is 0.337. The number of ether oxygens (including phenoxy) is 1. The van der Waals surface area contributed by atoms with E-state index in [9.17, 15) is 0 Å². The number of rotatable bonds is 8. The van der Waals surface area contributed by atoms with Crippen LogP contribution < -0.4 is 10.6 Å². The van der Waals surface area contributed by atoms with Crippen LogP contribution in [0.1, 0.15) is 44.7 Å². The standard InChI is InChI=1S/C22H32N4O/c1-3-23-21(26-17-22(13-15-27-2)11-6-7-12-22)25-16-20-19-9-5-4-8-18(19)10-14-24-20/h4-5,8-10,14H,3,6-7,11-13,15-17H2,1-2H3,(H2,23,25,26). The van der Waals surface area contributed by atoms with Gasteiger partial charge in [0.2, 0.25) is 0 Å². The predicted molar refractivity (Wildman–Crippen MR) is 112 cm³/mol. The van der Waals surface area contributed by atoms with E-state index in [1.54, 1.807) is 7.11 Å². The summed E-state index contributed by atoms with van der Waals surface area (Å²) >= 11 is 0. The van der Waals surface area contributed by atoms with Crippen LogP contribution in [-0.4, -0.2) is 37.7 Å². The normalized spacial score (nSPS) is 16.6. The summed E-state index contributed by atoms with van der Waals surface area (Å²) in [6, 6.07) is 10.4. The molecule has 0 bridgehead atoms. The zero-order valence-corrected chi connectivity index (χ0v) is 16.6. The van der Waals surface area contributed by atoms with E-state index < -0.39 is 0 Å². The zero-order chi connectivity index (χ0) is 19.0. The predicted octanol–water partition coefficient (Wildman–Crippen LogP) is 3.89. The van der Waals surface area contributed by atoms with Crippen molar-refractivity contribution in [2.75, 3.05) is 26.8 Å². The monoisotopic (exact) mass is 368 g/mol. The van der Waals surface area contributed by atoms with Crippen LogP contribution in [0.3, 0.4) is 0 Å². The molecule has 27 heavy (non-hydrogen) atoms. The average molecular weight is 369 g/mol. The first kappa shape index (κ1) is 19.6. The van der Waals surface area contributed by atoms with Crippen molar-refractivity contribution in [1.82, 2.24) is 15.6 Å². The van der Waals surface area contributed by atoms with Gasteiger partial charge in [0.05, 0.1) is 12.2 Å². The lowest BCUT2D eigenvalue weighted by Gasteiger charge is -2.30. The fourth-order valence-corrected chi connectivity index (χ4v) is 4.03. The van der Waals surface area contributed by atoms with Gasteiger partial charge < -0.3 is 15.4 Å². The molecule has 1 aliphatic carbocycles. The number of hydrogen-bond acceptors (Lipinski definition) is 3. The zero-order valence-electron chi connectivity index (χ0n) is 16.6. The Morgan fingerprint density at radius 2 is 2.00 bits per heavy atom. The van der Waals surface area contributed by atoms with Crippen LogP contribution in [-0.2, 0) is 11.3 Å². The van der Waals surface area contributed by atoms with E-state index in [2.05, 4.69) is 46.8 Å². The van der Waals surface area contributed by atoms with Crippen LogP contribution in [0.2, 0.25) is 0 Å². The molecule has 0 aliphatic heterocycles. The van der Waals surface area contributed by atoms with Gasteiger partial charge in [0, 0.05) is 38.4 Å². The Kier molecular flexibility index (Phi) is 7.04. The lowest BCUT2D eigenvalue weighted by atomic mass is 9.83. The van der Waals surface area contributed by atoms with Crippen LogP contribution >= 0.6 is 0 Å². The van der Waals surface area contributed by atoms with E-state index in [-0.39, 0.29) is 0 Å². The topological polar surface area (TPSA) is 58.5 Å². The summed E-state index contributed by atoms with van der Waals surface area (Å²) in [5.41, 5.74) is 1.35. The van der Waals surface area contributed by atoms with E-state index in [0.29, 0.717) is 12.0 Å².